The van der Waals surface area contributed by atoms with Gasteiger partial charge in [0, 0.05) is 63.5 Å². The van der Waals surface area contributed by atoms with E-state index in [2.05, 4.69) is 20.2 Å². The summed E-state index contributed by atoms with van der Waals surface area (Å²) in [6.45, 7) is 7.45. The number of sulfone groups is 1. The normalized spacial score (nSPS) is 15.1. The number of amides is 1. The van der Waals surface area contributed by atoms with Gasteiger partial charge in [0.1, 0.15) is 11.5 Å². The number of ether oxygens (including phenoxy) is 1. The molecule has 1 aliphatic rings. The summed E-state index contributed by atoms with van der Waals surface area (Å²) in [5.74, 6) is 0.681. The van der Waals surface area contributed by atoms with Gasteiger partial charge in [0.25, 0.3) is 0 Å². The van der Waals surface area contributed by atoms with Gasteiger partial charge in [-0.25, -0.2) is 13.4 Å². The van der Waals surface area contributed by atoms with E-state index in [9.17, 15) is 13.2 Å². The molecule has 1 saturated heterocycles. The molecule has 1 fully saturated rings. The van der Waals surface area contributed by atoms with Crippen LogP contribution in [0, 0.1) is 0 Å². The number of hydrogen-bond acceptors (Lipinski definition) is 8. The zero-order valence-corrected chi connectivity index (χ0v) is 20.3. The van der Waals surface area contributed by atoms with Gasteiger partial charge in [-0.1, -0.05) is 12.1 Å². The summed E-state index contributed by atoms with van der Waals surface area (Å²) in [6.07, 6.45) is 6.25. The minimum absolute atomic E-state index is 0.0202. The summed E-state index contributed by atoms with van der Waals surface area (Å²) in [7, 11) is -3.29. The molecule has 0 bridgehead atoms. The number of anilines is 1. The second-order valence-corrected chi connectivity index (χ2v) is 10.2. The predicted octanol–water partition coefficient (Wildman–Crippen LogP) is 1.39. The van der Waals surface area contributed by atoms with E-state index in [0.29, 0.717) is 43.5 Å². The Kier molecular flexibility index (Phi) is 7.44. The number of carbonyl (C=O) groups excluding carboxylic acids is 1. The summed E-state index contributed by atoms with van der Waals surface area (Å²) in [5.41, 5.74) is 2.00. The number of benzene rings is 1. The van der Waals surface area contributed by atoms with Crippen LogP contribution in [0.4, 0.5) is 5.82 Å². The molecule has 2 aromatic heterocycles. The number of nitrogens with one attached hydrogen (secondary N) is 1. The minimum atomic E-state index is -3.29. The van der Waals surface area contributed by atoms with E-state index in [1.165, 1.54) is 6.26 Å². The number of carbonyl (C=O) groups is 1. The molecule has 34 heavy (non-hydrogen) atoms. The molecule has 1 amide bonds. The monoisotopic (exact) mass is 486 g/mol. The van der Waals surface area contributed by atoms with Crippen molar-refractivity contribution < 1.29 is 17.9 Å². The third kappa shape index (κ3) is 5.54. The van der Waals surface area contributed by atoms with Crippen LogP contribution in [0.2, 0.25) is 0 Å². The second-order valence-electron chi connectivity index (χ2n) is 8.18. The molecule has 1 aliphatic heterocycles. The van der Waals surface area contributed by atoms with E-state index in [1.807, 2.05) is 16.2 Å². The van der Waals surface area contributed by atoms with Crippen molar-refractivity contribution in [3.8, 4) is 11.3 Å². The lowest BCUT2D eigenvalue weighted by Crippen LogP contribution is -2.50. The maximum absolute atomic E-state index is 12.9. The number of fused-ring (bicyclic) bond motifs is 1. The zero-order chi connectivity index (χ0) is 24.1. The van der Waals surface area contributed by atoms with Crippen LogP contribution >= 0.6 is 0 Å². The number of rotatable bonds is 9. The van der Waals surface area contributed by atoms with Crippen molar-refractivity contribution in [1.29, 1.82) is 0 Å². The summed E-state index contributed by atoms with van der Waals surface area (Å²) in [5, 5.41) is 3.26. The van der Waals surface area contributed by atoms with Crippen molar-refractivity contribution in [3.63, 3.8) is 0 Å². The first-order valence-corrected chi connectivity index (χ1v) is 13.2. The van der Waals surface area contributed by atoms with Gasteiger partial charge in [0.15, 0.2) is 15.5 Å². The van der Waals surface area contributed by atoms with Crippen molar-refractivity contribution in [2.75, 3.05) is 64.1 Å². The van der Waals surface area contributed by atoms with Gasteiger partial charge in [0.05, 0.1) is 24.2 Å². The molecule has 1 N–H and O–H groups in total. The molecule has 10 nitrogen and oxygen atoms in total. The first-order chi connectivity index (χ1) is 16.4. The van der Waals surface area contributed by atoms with Crippen LogP contribution in [0.1, 0.15) is 6.92 Å². The van der Waals surface area contributed by atoms with E-state index in [1.54, 1.807) is 42.9 Å². The van der Waals surface area contributed by atoms with Gasteiger partial charge in [-0.2, -0.15) is 0 Å². The number of aromatic nitrogens is 3. The highest BCUT2D eigenvalue weighted by Gasteiger charge is 2.22. The first kappa shape index (κ1) is 24.1. The second kappa shape index (κ2) is 10.5. The van der Waals surface area contributed by atoms with Crippen LogP contribution in [0.15, 0.2) is 47.8 Å². The SMILES string of the molecule is CCOCCN1CCN(C(=O)CNc2c(-c3ccc(S(C)(=O)=O)cc3)nc3cnccn23)CC1. The molecular formula is C23H30N6O4S. The highest BCUT2D eigenvalue weighted by atomic mass is 32.2. The quantitative estimate of drug-likeness (QED) is 0.452. The summed E-state index contributed by atoms with van der Waals surface area (Å²) >= 11 is 0. The lowest BCUT2D eigenvalue weighted by atomic mass is 10.1. The summed E-state index contributed by atoms with van der Waals surface area (Å²) in [6, 6.07) is 6.57. The smallest absolute Gasteiger partial charge is 0.242 e. The van der Waals surface area contributed by atoms with Crippen LogP contribution in [0.3, 0.4) is 0 Å². The van der Waals surface area contributed by atoms with Gasteiger partial charge in [-0.15, -0.1) is 0 Å². The van der Waals surface area contributed by atoms with Gasteiger partial charge in [-0.05, 0) is 19.1 Å². The Morgan fingerprint density at radius 2 is 1.88 bits per heavy atom. The van der Waals surface area contributed by atoms with E-state index in [0.717, 1.165) is 25.2 Å². The highest BCUT2D eigenvalue weighted by molar-refractivity contribution is 7.90. The van der Waals surface area contributed by atoms with E-state index in [-0.39, 0.29) is 17.3 Å². The average Bonchev–Trinajstić information content (AvgIpc) is 3.21. The Morgan fingerprint density at radius 3 is 2.56 bits per heavy atom. The molecule has 0 saturated carbocycles. The molecule has 0 unspecified atom stereocenters. The van der Waals surface area contributed by atoms with Crippen molar-refractivity contribution >= 4 is 27.2 Å². The van der Waals surface area contributed by atoms with Crippen LogP contribution in [0.25, 0.3) is 16.9 Å². The standard InChI is InChI=1S/C23H30N6O4S/c1-3-33-15-14-27-10-12-28(13-11-27)21(30)17-25-23-22(26-20-16-24-8-9-29(20)23)18-4-6-19(7-5-18)34(2,31)32/h4-9,16,25H,3,10-15,17H2,1-2H3. The zero-order valence-electron chi connectivity index (χ0n) is 19.5. The lowest BCUT2D eigenvalue weighted by Gasteiger charge is -2.34. The Labute approximate surface area is 199 Å². The molecule has 0 radical (unpaired) electrons. The van der Waals surface area contributed by atoms with Gasteiger partial charge < -0.3 is 15.0 Å². The van der Waals surface area contributed by atoms with Gasteiger partial charge in [-0.3, -0.25) is 19.1 Å². The van der Waals surface area contributed by atoms with Gasteiger partial charge >= 0.3 is 0 Å². The fraction of sp³-hybridized carbons (Fsp3) is 0.435. The number of imidazole rings is 1. The van der Waals surface area contributed by atoms with Crippen LogP contribution in [0.5, 0.6) is 0 Å². The fourth-order valence-corrected chi connectivity index (χ4v) is 4.60. The fourth-order valence-electron chi connectivity index (χ4n) is 3.97. The molecule has 3 heterocycles. The topological polar surface area (TPSA) is 109 Å². The van der Waals surface area contributed by atoms with Crippen LogP contribution in [-0.2, 0) is 19.4 Å². The number of piperazine rings is 1. The molecule has 11 heteroatoms. The lowest BCUT2D eigenvalue weighted by molar-refractivity contribution is -0.131. The first-order valence-electron chi connectivity index (χ1n) is 11.3. The van der Waals surface area contributed by atoms with Crippen molar-refractivity contribution in [3.05, 3.63) is 42.9 Å². The third-order valence-electron chi connectivity index (χ3n) is 5.87. The Bertz CT molecular complexity index is 1230. The third-order valence-corrected chi connectivity index (χ3v) is 7.00. The Hall–Kier alpha value is -3.02. The van der Waals surface area contributed by atoms with Crippen LogP contribution < -0.4 is 5.32 Å². The molecular weight excluding hydrogens is 456 g/mol. The predicted molar refractivity (Wildman–Crippen MR) is 130 cm³/mol. The molecule has 0 atom stereocenters. The summed E-state index contributed by atoms with van der Waals surface area (Å²) in [4.78, 5) is 26.1. The molecule has 3 aromatic rings. The minimum Gasteiger partial charge on any atom is -0.380 e. The Balaban J connectivity index is 1.46. The molecule has 0 spiro atoms. The van der Waals surface area contributed by atoms with E-state index in [4.69, 9.17) is 4.74 Å². The Morgan fingerprint density at radius 1 is 1.15 bits per heavy atom. The number of hydrogen-bond donors (Lipinski definition) is 1. The average molecular weight is 487 g/mol. The molecule has 1 aromatic carbocycles. The maximum atomic E-state index is 12.9. The van der Waals surface area contributed by atoms with E-state index < -0.39 is 9.84 Å². The van der Waals surface area contributed by atoms with E-state index >= 15 is 0 Å². The van der Waals surface area contributed by atoms with Gasteiger partial charge in [0.2, 0.25) is 5.91 Å². The molecule has 182 valence electrons. The van der Waals surface area contributed by atoms with Crippen molar-refractivity contribution in [1.82, 2.24) is 24.2 Å². The van der Waals surface area contributed by atoms with Crippen LogP contribution in [-0.4, -0.2) is 97.2 Å². The highest BCUT2D eigenvalue weighted by Crippen LogP contribution is 2.29. The molecule has 0 aliphatic carbocycles. The van der Waals surface area contributed by atoms with Crippen molar-refractivity contribution in [2.24, 2.45) is 0 Å². The largest absolute Gasteiger partial charge is 0.380 e. The molecule has 4 rings (SSSR count). The van der Waals surface area contributed by atoms with Crippen molar-refractivity contribution in [2.45, 2.75) is 11.8 Å². The maximum Gasteiger partial charge on any atom is 0.242 e. The number of nitrogens with zero attached hydrogens (tertiary/aromatic N) is 5. The summed E-state index contributed by atoms with van der Waals surface area (Å²) < 4.78 is 30.9.